The van der Waals surface area contributed by atoms with Gasteiger partial charge in [0.25, 0.3) is 0 Å². The largest absolute Gasteiger partial charge is 0.494 e. The molecular formula is C14H23NO2. The van der Waals surface area contributed by atoms with Gasteiger partial charge in [-0.2, -0.15) is 0 Å². The first kappa shape index (κ1) is 14.0. The van der Waals surface area contributed by atoms with Crippen LogP contribution >= 0.6 is 0 Å². The molecule has 17 heavy (non-hydrogen) atoms. The molecule has 2 N–H and O–H groups in total. The SMILES string of the molecule is Cc1cc(C)cc(OCCCCNCCO)c1. The minimum atomic E-state index is 0.207. The molecule has 0 aliphatic heterocycles. The molecule has 0 saturated carbocycles. The van der Waals surface area contributed by atoms with E-state index in [2.05, 4.69) is 37.4 Å². The van der Waals surface area contributed by atoms with Gasteiger partial charge in [0.1, 0.15) is 5.75 Å². The topological polar surface area (TPSA) is 41.5 Å². The second-order valence-corrected chi connectivity index (χ2v) is 4.35. The van der Waals surface area contributed by atoms with Crippen LogP contribution in [0, 0.1) is 13.8 Å². The third kappa shape index (κ3) is 6.29. The van der Waals surface area contributed by atoms with Gasteiger partial charge in [-0.15, -0.1) is 0 Å². The van der Waals surface area contributed by atoms with Crippen molar-refractivity contribution in [3.8, 4) is 5.75 Å². The lowest BCUT2D eigenvalue weighted by atomic mass is 10.1. The van der Waals surface area contributed by atoms with Crippen molar-refractivity contribution >= 4 is 0 Å². The first-order valence-electron chi connectivity index (χ1n) is 6.25. The highest BCUT2D eigenvalue weighted by Gasteiger charge is 1.96. The highest BCUT2D eigenvalue weighted by Crippen LogP contribution is 2.16. The molecule has 1 aromatic rings. The van der Waals surface area contributed by atoms with Crippen molar-refractivity contribution in [1.82, 2.24) is 5.32 Å². The van der Waals surface area contributed by atoms with Gasteiger partial charge in [0, 0.05) is 6.54 Å². The standard InChI is InChI=1S/C14H23NO2/c1-12-9-13(2)11-14(10-12)17-8-4-3-5-15-6-7-16/h9-11,15-16H,3-8H2,1-2H3. The minimum Gasteiger partial charge on any atom is -0.494 e. The van der Waals surface area contributed by atoms with Crippen LogP contribution in [-0.2, 0) is 0 Å². The monoisotopic (exact) mass is 237 g/mol. The van der Waals surface area contributed by atoms with Crippen LogP contribution in [0.2, 0.25) is 0 Å². The maximum Gasteiger partial charge on any atom is 0.119 e. The van der Waals surface area contributed by atoms with Crippen molar-refractivity contribution in [3.05, 3.63) is 29.3 Å². The molecule has 0 atom stereocenters. The lowest BCUT2D eigenvalue weighted by Crippen LogP contribution is -2.19. The number of aryl methyl sites for hydroxylation is 2. The van der Waals surface area contributed by atoms with Crippen LogP contribution in [0.3, 0.4) is 0 Å². The summed E-state index contributed by atoms with van der Waals surface area (Å²) in [5, 5.41) is 11.7. The maximum absolute atomic E-state index is 8.58. The third-order valence-electron chi connectivity index (χ3n) is 2.50. The molecule has 0 aromatic heterocycles. The summed E-state index contributed by atoms with van der Waals surface area (Å²) >= 11 is 0. The van der Waals surface area contributed by atoms with E-state index in [0.717, 1.165) is 31.7 Å². The number of benzene rings is 1. The molecule has 0 aliphatic rings. The van der Waals surface area contributed by atoms with Crippen LogP contribution in [0.5, 0.6) is 5.75 Å². The van der Waals surface area contributed by atoms with Crippen LogP contribution in [0.4, 0.5) is 0 Å². The quantitative estimate of drug-likeness (QED) is 0.680. The first-order valence-corrected chi connectivity index (χ1v) is 6.25. The van der Waals surface area contributed by atoms with Gasteiger partial charge < -0.3 is 15.2 Å². The van der Waals surface area contributed by atoms with Gasteiger partial charge in [0.05, 0.1) is 13.2 Å². The molecule has 1 aromatic carbocycles. The van der Waals surface area contributed by atoms with E-state index in [9.17, 15) is 0 Å². The van der Waals surface area contributed by atoms with Gasteiger partial charge in [-0.25, -0.2) is 0 Å². The summed E-state index contributed by atoms with van der Waals surface area (Å²) in [7, 11) is 0. The predicted molar refractivity (Wildman–Crippen MR) is 70.6 cm³/mol. The van der Waals surface area contributed by atoms with E-state index >= 15 is 0 Å². The Balaban J connectivity index is 2.13. The molecule has 96 valence electrons. The fraction of sp³-hybridized carbons (Fsp3) is 0.571. The summed E-state index contributed by atoms with van der Waals surface area (Å²) in [5.41, 5.74) is 2.48. The summed E-state index contributed by atoms with van der Waals surface area (Å²) in [6, 6.07) is 6.28. The molecule has 0 heterocycles. The van der Waals surface area contributed by atoms with Crippen LogP contribution in [0.1, 0.15) is 24.0 Å². The van der Waals surface area contributed by atoms with Crippen molar-refractivity contribution < 1.29 is 9.84 Å². The van der Waals surface area contributed by atoms with E-state index in [4.69, 9.17) is 9.84 Å². The highest BCUT2D eigenvalue weighted by atomic mass is 16.5. The number of aliphatic hydroxyl groups excluding tert-OH is 1. The fourth-order valence-corrected chi connectivity index (χ4v) is 1.76. The Morgan fingerprint density at radius 1 is 1.06 bits per heavy atom. The molecule has 0 spiro atoms. The minimum absolute atomic E-state index is 0.207. The molecule has 1 rings (SSSR count). The molecule has 0 unspecified atom stereocenters. The molecular weight excluding hydrogens is 214 g/mol. The second kappa shape index (κ2) is 8.09. The van der Waals surface area contributed by atoms with Gasteiger partial charge >= 0.3 is 0 Å². The van der Waals surface area contributed by atoms with Crippen LogP contribution in [0.25, 0.3) is 0 Å². The average molecular weight is 237 g/mol. The maximum atomic E-state index is 8.58. The molecule has 0 amide bonds. The van der Waals surface area contributed by atoms with Gasteiger partial charge in [0.15, 0.2) is 0 Å². The number of hydrogen-bond acceptors (Lipinski definition) is 3. The molecule has 0 saturated heterocycles. The average Bonchev–Trinajstić information content (AvgIpc) is 2.26. The van der Waals surface area contributed by atoms with E-state index in [1.54, 1.807) is 0 Å². The summed E-state index contributed by atoms with van der Waals surface area (Å²) in [6.45, 7) is 6.74. The van der Waals surface area contributed by atoms with E-state index in [-0.39, 0.29) is 6.61 Å². The predicted octanol–water partition coefficient (Wildman–Crippen LogP) is 2.04. The number of hydrogen-bond donors (Lipinski definition) is 2. The molecule has 3 heteroatoms. The summed E-state index contributed by atoms with van der Waals surface area (Å²) < 4.78 is 5.70. The van der Waals surface area contributed by atoms with Gasteiger partial charge in [-0.1, -0.05) is 6.07 Å². The molecule has 0 aliphatic carbocycles. The molecule has 3 nitrogen and oxygen atoms in total. The van der Waals surface area contributed by atoms with Gasteiger partial charge in [-0.05, 0) is 56.5 Å². The van der Waals surface area contributed by atoms with E-state index in [0.29, 0.717) is 6.54 Å². The normalized spacial score (nSPS) is 10.5. The van der Waals surface area contributed by atoms with Gasteiger partial charge in [0.2, 0.25) is 0 Å². The Kier molecular flexibility index (Phi) is 6.67. The Labute approximate surface area is 104 Å². The lowest BCUT2D eigenvalue weighted by molar-refractivity contribution is 0.286. The van der Waals surface area contributed by atoms with Crippen molar-refractivity contribution in [3.63, 3.8) is 0 Å². The smallest absolute Gasteiger partial charge is 0.119 e. The number of nitrogens with one attached hydrogen (secondary N) is 1. The summed E-state index contributed by atoms with van der Waals surface area (Å²) in [6.07, 6.45) is 2.11. The summed E-state index contributed by atoms with van der Waals surface area (Å²) in [4.78, 5) is 0. The fourth-order valence-electron chi connectivity index (χ4n) is 1.76. The number of ether oxygens (including phenoxy) is 1. The lowest BCUT2D eigenvalue weighted by Gasteiger charge is -2.08. The van der Waals surface area contributed by atoms with Crippen molar-refractivity contribution in [2.24, 2.45) is 0 Å². The second-order valence-electron chi connectivity index (χ2n) is 4.35. The van der Waals surface area contributed by atoms with E-state index in [1.165, 1.54) is 11.1 Å². The third-order valence-corrected chi connectivity index (χ3v) is 2.50. The van der Waals surface area contributed by atoms with Gasteiger partial charge in [-0.3, -0.25) is 0 Å². The number of rotatable bonds is 8. The molecule has 0 bridgehead atoms. The Morgan fingerprint density at radius 3 is 2.41 bits per heavy atom. The van der Waals surface area contributed by atoms with Crippen molar-refractivity contribution in [1.29, 1.82) is 0 Å². The Bertz CT molecular complexity index is 306. The first-order chi connectivity index (χ1) is 8.22. The number of aliphatic hydroxyl groups is 1. The molecule has 0 fully saturated rings. The van der Waals surface area contributed by atoms with Crippen LogP contribution in [0.15, 0.2) is 18.2 Å². The van der Waals surface area contributed by atoms with Crippen molar-refractivity contribution in [2.75, 3.05) is 26.3 Å². The zero-order valence-electron chi connectivity index (χ0n) is 10.8. The number of unbranched alkanes of at least 4 members (excludes halogenated alkanes) is 1. The van der Waals surface area contributed by atoms with Crippen molar-refractivity contribution in [2.45, 2.75) is 26.7 Å². The summed E-state index contributed by atoms with van der Waals surface area (Å²) in [5.74, 6) is 0.964. The van der Waals surface area contributed by atoms with Crippen LogP contribution < -0.4 is 10.1 Å². The zero-order chi connectivity index (χ0) is 12.5. The molecule has 0 radical (unpaired) electrons. The van der Waals surface area contributed by atoms with Crippen LogP contribution in [-0.4, -0.2) is 31.4 Å². The zero-order valence-corrected chi connectivity index (χ0v) is 10.8. The Morgan fingerprint density at radius 2 is 1.76 bits per heavy atom. The Hall–Kier alpha value is -1.06. The van der Waals surface area contributed by atoms with E-state index < -0.39 is 0 Å². The van der Waals surface area contributed by atoms with E-state index in [1.807, 2.05) is 0 Å². The highest BCUT2D eigenvalue weighted by molar-refractivity contribution is 5.32.